The van der Waals surface area contributed by atoms with Gasteiger partial charge in [-0.25, -0.2) is 8.42 Å². The first-order valence-electron chi connectivity index (χ1n) is 10.7. The maximum absolute atomic E-state index is 13.3. The van der Waals surface area contributed by atoms with Gasteiger partial charge in [0.15, 0.2) is 9.84 Å². The largest absolute Gasteiger partial charge is 0.337 e. The number of anilines is 2. The molecular formula is C26H25N3O4S. The lowest BCUT2D eigenvalue weighted by Crippen LogP contribution is -2.18. The lowest BCUT2D eigenvalue weighted by atomic mass is 10.2. The molecule has 1 heterocycles. The van der Waals surface area contributed by atoms with Crippen molar-refractivity contribution in [3.63, 3.8) is 0 Å². The standard InChI is InChI=1S/C26H25N3O4S/c1-18-7-9-20(10-8-18)17-34(32,33)25-15-29(24-6-4-3-5-23(24)25)16-26(31)28-22-13-11-21(12-14-22)27-19(2)30/h3-15H,16-17H2,1-2H3,(H,27,30)(H,28,31). The van der Waals surface area contributed by atoms with Crippen molar-refractivity contribution in [1.29, 1.82) is 0 Å². The zero-order chi connectivity index (χ0) is 24.3. The Balaban J connectivity index is 1.56. The molecule has 4 aromatic rings. The molecule has 0 spiro atoms. The first-order valence-corrected chi connectivity index (χ1v) is 12.4. The fraction of sp³-hybridized carbons (Fsp3) is 0.154. The monoisotopic (exact) mass is 475 g/mol. The van der Waals surface area contributed by atoms with Crippen LogP contribution in [0, 0.1) is 6.92 Å². The van der Waals surface area contributed by atoms with Crippen LogP contribution in [0.15, 0.2) is 83.9 Å². The van der Waals surface area contributed by atoms with Crippen molar-refractivity contribution in [2.24, 2.45) is 0 Å². The number of hydrogen-bond acceptors (Lipinski definition) is 4. The molecule has 2 amide bonds. The van der Waals surface area contributed by atoms with E-state index >= 15 is 0 Å². The van der Waals surface area contributed by atoms with Crippen molar-refractivity contribution in [1.82, 2.24) is 4.57 Å². The lowest BCUT2D eigenvalue weighted by Gasteiger charge is -2.08. The van der Waals surface area contributed by atoms with E-state index in [1.807, 2.05) is 37.3 Å². The molecule has 8 heteroatoms. The number of hydrogen-bond donors (Lipinski definition) is 2. The van der Waals surface area contributed by atoms with Crippen LogP contribution in [0.5, 0.6) is 0 Å². The highest BCUT2D eigenvalue weighted by molar-refractivity contribution is 7.90. The van der Waals surface area contributed by atoms with Crippen LogP contribution in [0.4, 0.5) is 11.4 Å². The molecule has 1 aromatic heterocycles. The van der Waals surface area contributed by atoms with E-state index in [0.717, 1.165) is 5.56 Å². The number of carbonyl (C=O) groups excluding carboxylic acids is 2. The smallest absolute Gasteiger partial charge is 0.244 e. The molecule has 0 bridgehead atoms. The number of para-hydroxylation sites is 1. The van der Waals surface area contributed by atoms with E-state index in [-0.39, 0.29) is 29.0 Å². The number of aromatic nitrogens is 1. The zero-order valence-electron chi connectivity index (χ0n) is 18.9. The summed E-state index contributed by atoms with van der Waals surface area (Å²) in [5, 5.41) is 6.06. The minimum absolute atomic E-state index is 0.0476. The molecular weight excluding hydrogens is 450 g/mol. The number of nitrogens with one attached hydrogen (secondary N) is 2. The van der Waals surface area contributed by atoms with Gasteiger partial charge in [0.05, 0.1) is 10.6 Å². The second-order valence-corrected chi connectivity index (χ2v) is 10.1. The van der Waals surface area contributed by atoms with E-state index in [1.165, 1.54) is 13.1 Å². The van der Waals surface area contributed by atoms with Crippen LogP contribution in [0.3, 0.4) is 0 Å². The first-order chi connectivity index (χ1) is 16.2. The Hall–Kier alpha value is -3.91. The van der Waals surface area contributed by atoms with E-state index in [1.54, 1.807) is 47.0 Å². The molecule has 34 heavy (non-hydrogen) atoms. The molecule has 2 N–H and O–H groups in total. The molecule has 0 aliphatic heterocycles. The number of carbonyl (C=O) groups is 2. The molecule has 0 fully saturated rings. The SMILES string of the molecule is CC(=O)Nc1ccc(NC(=O)Cn2cc(S(=O)(=O)Cc3ccc(C)cc3)c3ccccc32)cc1. The average molecular weight is 476 g/mol. The topological polar surface area (TPSA) is 97.3 Å². The highest BCUT2D eigenvalue weighted by Gasteiger charge is 2.22. The van der Waals surface area contributed by atoms with Gasteiger partial charge in [-0.3, -0.25) is 9.59 Å². The van der Waals surface area contributed by atoms with Crippen molar-refractivity contribution in [3.05, 3.63) is 90.1 Å². The van der Waals surface area contributed by atoms with Gasteiger partial charge in [0.1, 0.15) is 6.54 Å². The highest BCUT2D eigenvalue weighted by atomic mass is 32.2. The van der Waals surface area contributed by atoms with Crippen molar-refractivity contribution in [2.75, 3.05) is 10.6 Å². The number of benzene rings is 3. The van der Waals surface area contributed by atoms with E-state index in [0.29, 0.717) is 27.8 Å². The molecule has 0 saturated carbocycles. The van der Waals surface area contributed by atoms with Gasteiger partial charge in [-0.2, -0.15) is 0 Å². The Morgan fingerprint density at radius 1 is 0.853 bits per heavy atom. The summed E-state index contributed by atoms with van der Waals surface area (Å²) >= 11 is 0. The van der Waals surface area contributed by atoms with Crippen LogP contribution in [0.25, 0.3) is 10.9 Å². The fourth-order valence-electron chi connectivity index (χ4n) is 3.77. The fourth-order valence-corrected chi connectivity index (χ4v) is 5.35. The number of sulfone groups is 1. The summed E-state index contributed by atoms with van der Waals surface area (Å²) in [6, 6.07) is 21.3. The van der Waals surface area contributed by atoms with Gasteiger partial charge < -0.3 is 15.2 Å². The van der Waals surface area contributed by atoms with Crippen LogP contribution in [-0.4, -0.2) is 24.8 Å². The molecule has 0 atom stereocenters. The molecule has 4 rings (SSSR count). The molecule has 0 aliphatic carbocycles. The van der Waals surface area contributed by atoms with Crippen LogP contribution < -0.4 is 10.6 Å². The summed E-state index contributed by atoms with van der Waals surface area (Å²) in [6.07, 6.45) is 1.54. The second-order valence-electron chi connectivity index (χ2n) is 8.19. The Morgan fingerprint density at radius 2 is 1.47 bits per heavy atom. The van der Waals surface area contributed by atoms with E-state index in [4.69, 9.17) is 0 Å². The predicted octanol–water partition coefficient (Wildman–Crippen LogP) is 4.52. The zero-order valence-corrected chi connectivity index (χ0v) is 19.7. The molecule has 7 nitrogen and oxygen atoms in total. The van der Waals surface area contributed by atoms with Gasteiger partial charge in [0.2, 0.25) is 11.8 Å². The van der Waals surface area contributed by atoms with Crippen molar-refractivity contribution >= 4 is 43.9 Å². The van der Waals surface area contributed by atoms with Crippen LogP contribution in [0.2, 0.25) is 0 Å². The molecule has 0 saturated heterocycles. The minimum atomic E-state index is -3.63. The molecule has 3 aromatic carbocycles. The Kier molecular flexibility index (Phi) is 6.51. The number of amides is 2. The maximum Gasteiger partial charge on any atom is 0.244 e. The Morgan fingerprint density at radius 3 is 2.12 bits per heavy atom. The third kappa shape index (κ3) is 5.35. The van der Waals surface area contributed by atoms with Crippen LogP contribution in [0.1, 0.15) is 18.1 Å². The van der Waals surface area contributed by atoms with Crippen LogP contribution >= 0.6 is 0 Å². The normalized spacial score (nSPS) is 11.4. The highest BCUT2D eigenvalue weighted by Crippen LogP contribution is 2.28. The van der Waals surface area contributed by atoms with E-state index in [9.17, 15) is 18.0 Å². The Labute approximate surface area is 198 Å². The van der Waals surface area contributed by atoms with Gasteiger partial charge in [-0.05, 0) is 42.8 Å². The van der Waals surface area contributed by atoms with E-state index in [2.05, 4.69) is 10.6 Å². The number of aryl methyl sites for hydroxylation is 1. The summed E-state index contributed by atoms with van der Waals surface area (Å²) in [5.41, 5.74) is 3.64. The van der Waals surface area contributed by atoms with Crippen molar-refractivity contribution < 1.29 is 18.0 Å². The summed E-state index contributed by atoms with van der Waals surface area (Å²) in [4.78, 5) is 24.1. The third-order valence-electron chi connectivity index (χ3n) is 5.37. The van der Waals surface area contributed by atoms with Crippen molar-refractivity contribution in [3.8, 4) is 0 Å². The Bertz CT molecular complexity index is 1450. The van der Waals surface area contributed by atoms with E-state index < -0.39 is 9.84 Å². The minimum Gasteiger partial charge on any atom is -0.337 e. The van der Waals surface area contributed by atoms with Gasteiger partial charge in [0.25, 0.3) is 0 Å². The predicted molar refractivity (Wildman–Crippen MR) is 133 cm³/mol. The summed E-state index contributed by atoms with van der Waals surface area (Å²) < 4.78 is 28.2. The number of fused-ring (bicyclic) bond motifs is 1. The first kappa shape index (κ1) is 23.3. The molecule has 0 aliphatic rings. The molecule has 174 valence electrons. The second kappa shape index (κ2) is 9.52. The van der Waals surface area contributed by atoms with Gasteiger partial charge in [0, 0.05) is 35.4 Å². The third-order valence-corrected chi connectivity index (χ3v) is 7.08. The average Bonchev–Trinajstić information content (AvgIpc) is 3.16. The number of nitrogens with zero attached hydrogens (tertiary/aromatic N) is 1. The summed E-state index contributed by atoms with van der Waals surface area (Å²) in [7, 11) is -3.63. The summed E-state index contributed by atoms with van der Waals surface area (Å²) in [6.45, 7) is 3.33. The van der Waals surface area contributed by atoms with Crippen molar-refractivity contribution in [2.45, 2.75) is 31.0 Å². The quantitative estimate of drug-likeness (QED) is 0.411. The molecule has 0 unspecified atom stereocenters. The molecule has 0 radical (unpaired) electrons. The van der Waals surface area contributed by atoms with Gasteiger partial charge in [-0.1, -0.05) is 48.0 Å². The van der Waals surface area contributed by atoms with Gasteiger partial charge >= 0.3 is 0 Å². The number of rotatable bonds is 7. The lowest BCUT2D eigenvalue weighted by molar-refractivity contribution is -0.116. The van der Waals surface area contributed by atoms with Gasteiger partial charge in [-0.15, -0.1) is 0 Å². The van der Waals surface area contributed by atoms with Crippen LogP contribution in [-0.2, 0) is 31.7 Å². The summed E-state index contributed by atoms with van der Waals surface area (Å²) in [5.74, 6) is -0.589. The maximum atomic E-state index is 13.3.